The quantitative estimate of drug-likeness (QED) is 0.864. The predicted octanol–water partition coefficient (Wildman–Crippen LogP) is 4.47. The third-order valence-electron chi connectivity index (χ3n) is 5.48. The molecule has 3 nitrogen and oxygen atoms in total. The fourth-order valence-electron chi connectivity index (χ4n) is 4.15. The lowest BCUT2D eigenvalue weighted by atomic mass is 9.68. The van der Waals surface area contributed by atoms with Gasteiger partial charge in [-0.2, -0.15) is 0 Å². The Labute approximate surface area is 157 Å². The second-order valence-electron chi connectivity index (χ2n) is 7.06. The van der Waals surface area contributed by atoms with Gasteiger partial charge in [0.2, 0.25) is 0 Å². The highest BCUT2D eigenvalue weighted by atomic mass is 32.2. The summed E-state index contributed by atoms with van der Waals surface area (Å²) in [5, 5.41) is 0.563. The van der Waals surface area contributed by atoms with Crippen molar-refractivity contribution in [3.8, 4) is 0 Å². The van der Waals surface area contributed by atoms with E-state index in [1.165, 1.54) is 11.6 Å². The molecule has 1 fully saturated rings. The zero-order valence-corrected chi connectivity index (χ0v) is 15.4. The van der Waals surface area contributed by atoms with Crippen LogP contribution < -0.4 is 5.73 Å². The number of hydrogen-bond acceptors (Lipinski definition) is 4. The van der Waals surface area contributed by atoms with Crippen LogP contribution in [0.2, 0.25) is 0 Å². The maximum absolute atomic E-state index is 14.6. The Bertz CT molecular complexity index is 798. The largest absolute Gasteiger partial charge is 0.379 e. The number of benzene rings is 2. The second-order valence-corrected chi connectivity index (χ2v) is 8.10. The first-order chi connectivity index (χ1) is 12.7. The van der Waals surface area contributed by atoms with Gasteiger partial charge in [-0.15, -0.1) is 0 Å². The minimum Gasteiger partial charge on any atom is -0.379 e. The number of halogens is 1. The van der Waals surface area contributed by atoms with Crippen molar-refractivity contribution in [1.82, 2.24) is 0 Å². The summed E-state index contributed by atoms with van der Waals surface area (Å²) in [6, 6.07) is 17.2. The third kappa shape index (κ3) is 3.38. The average molecular weight is 370 g/mol. The number of nitrogens with zero attached hydrogens (tertiary/aromatic N) is 1. The number of amidine groups is 1. The van der Waals surface area contributed by atoms with Crippen molar-refractivity contribution in [2.24, 2.45) is 16.6 Å². The molecule has 2 aliphatic rings. The Morgan fingerprint density at radius 1 is 1.15 bits per heavy atom. The molecule has 0 saturated heterocycles. The van der Waals surface area contributed by atoms with Gasteiger partial charge in [0.05, 0.1) is 18.2 Å². The van der Waals surface area contributed by atoms with Gasteiger partial charge in [0, 0.05) is 17.2 Å². The van der Waals surface area contributed by atoms with Gasteiger partial charge in [0.1, 0.15) is 5.82 Å². The molecule has 136 valence electrons. The summed E-state index contributed by atoms with van der Waals surface area (Å²) in [4.78, 5) is 4.78. The summed E-state index contributed by atoms with van der Waals surface area (Å²) in [5.41, 5.74) is 7.35. The Kier molecular flexibility index (Phi) is 5.00. The van der Waals surface area contributed by atoms with Crippen LogP contribution in [0.25, 0.3) is 0 Å². The molecule has 2 N–H and O–H groups in total. The summed E-state index contributed by atoms with van der Waals surface area (Å²) in [5.74, 6) is 0.894. The molecule has 2 aromatic carbocycles. The summed E-state index contributed by atoms with van der Waals surface area (Å²) >= 11 is 1.57. The first-order valence-corrected chi connectivity index (χ1v) is 10.0. The molecule has 0 bridgehead atoms. The van der Waals surface area contributed by atoms with E-state index in [0.29, 0.717) is 17.3 Å². The molecule has 5 heteroatoms. The van der Waals surface area contributed by atoms with Crippen LogP contribution in [0.3, 0.4) is 0 Å². The van der Waals surface area contributed by atoms with Crippen LogP contribution in [0.15, 0.2) is 59.6 Å². The van der Waals surface area contributed by atoms with Gasteiger partial charge in [-0.25, -0.2) is 4.39 Å². The second kappa shape index (κ2) is 7.41. The van der Waals surface area contributed by atoms with Crippen LogP contribution in [0, 0.1) is 11.7 Å². The van der Waals surface area contributed by atoms with E-state index in [1.54, 1.807) is 17.8 Å². The highest BCUT2D eigenvalue weighted by molar-refractivity contribution is 8.13. The van der Waals surface area contributed by atoms with Gasteiger partial charge in [0.25, 0.3) is 0 Å². The molecular weight excluding hydrogens is 347 g/mol. The minimum atomic E-state index is -0.548. The predicted molar refractivity (Wildman–Crippen MR) is 105 cm³/mol. The van der Waals surface area contributed by atoms with Crippen molar-refractivity contribution in [3.63, 3.8) is 0 Å². The van der Waals surface area contributed by atoms with E-state index in [2.05, 4.69) is 12.1 Å². The molecule has 3 atom stereocenters. The van der Waals surface area contributed by atoms with Crippen molar-refractivity contribution in [2.75, 3.05) is 5.75 Å². The maximum Gasteiger partial charge on any atom is 0.154 e. The van der Waals surface area contributed by atoms with Gasteiger partial charge < -0.3 is 10.5 Å². The molecule has 1 saturated carbocycles. The van der Waals surface area contributed by atoms with E-state index in [9.17, 15) is 4.39 Å². The van der Waals surface area contributed by atoms with Gasteiger partial charge in [0.15, 0.2) is 5.17 Å². The van der Waals surface area contributed by atoms with Crippen LogP contribution in [0.1, 0.15) is 30.4 Å². The molecule has 1 heterocycles. The lowest BCUT2D eigenvalue weighted by molar-refractivity contribution is -0.0168. The summed E-state index contributed by atoms with van der Waals surface area (Å²) in [7, 11) is 0. The van der Waals surface area contributed by atoms with E-state index >= 15 is 0 Å². The lowest BCUT2D eigenvalue weighted by Crippen LogP contribution is -2.46. The highest BCUT2D eigenvalue weighted by Gasteiger charge is 2.48. The van der Waals surface area contributed by atoms with E-state index in [4.69, 9.17) is 15.5 Å². The smallest absolute Gasteiger partial charge is 0.154 e. The lowest BCUT2D eigenvalue weighted by Gasteiger charge is -2.46. The summed E-state index contributed by atoms with van der Waals surface area (Å²) in [6.45, 7) is 0.615. The number of hydrogen-bond donors (Lipinski definition) is 1. The molecule has 1 aliphatic heterocycles. The zero-order chi connectivity index (χ0) is 18.0. The molecule has 4 rings (SSSR count). The molecule has 2 aromatic rings. The van der Waals surface area contributed by atoms with Crippen LogP contribution in [0.5, 0.6) is 0 Å². The van der Waals surface area contributed by atoms with Crippen molar-refractivity contribution < 1.29 is 9.13 Å². The average Bonchev–Trinajstić information content (AvgIpc) is 2.67. The van der Waals surface area contributed by atoms with Crippen LogP contribution in [-0.4, -0.2) is 17.0 Å². The molecule has 0 unspecified atom stereocenters. The number of nitrogens with two attached hydrogens (primary N) is 1. The number of thioether (sulfide) groups is 1. The van der Waals surface area contributed by atoms with E-state index in [0.717, 1.165) is 25.0 Å². The molecule has 0 aromatic heterocycles. The van der Waals surface area contributed by atoms with Crippen LogP contribution >= 0.6 is 11.8 Å². The standard InChI is InChI=1S/C21H23FN2OS/c22-19-9-5-4-8-18(19)21-11-10-17(12-16(21)14-26-20(23)24-21)25-13-15-6-2-1-3-7-15/h1-9,16-17H,10-14H2,(H2,23,24)/t16-,17-,21-/m0/s1. The van der Waals surface area contributed by atoms with E-state index < -0.39 is 5.54 Å². The zero-order valence-electron chi connectivity index (χ0n) is 14.6. The SMILES string of the molecule is NC1=N[C@@]2(c3ccccc3F)CC[C@H](OCc3ccccc3)C[C@H]2CS1. The third-order valence-corrected chi connectivity index (χ3v) is 6.44. The molecule has 0 amide bonds. The first-order valence-electron chi connectivity index (χ1n) is 9.06. The van der Waals surface area contributed by atoms with E-state index in [-0.39, 0.29) is 17.8 Å². The molecular formula is C21H23FN2OS. The number of aliphatic imine (C=N–C) groups is 1. The van der Waals surface area contributed by atoms with E-state index in [1.807, 2.05) is 30.3 Å². The van der Waals surface area contributed by atoms with Crippen molar-refractivity contribution >= 4 is 16.9 Å². The van der Waals surface area contributed by atoms with Gasteiger partial charge in [-0.05, 0) is 30.9 Å². The molecule has 1 aliphatic carbocycles. The molecule has 0 radical (unpaired) electrons. The van der Waals surface area contributed by atoms with Gasteiger partial charge in [-0.3, -0.25) is 4.99 Å². The first kappa shape index (κ1) is 17.6. The van der Waals surface area contributed by atoms with Crippen molar-refractivity contribution in [1.29, 1.82) is 0 Å². The number of rotatable bonds is 4. The Morgan fingerprint density at radius 2 is 1.92 bits per heavy atom. The molecule has 26 heavy (non-hydrogen) atoms. The fraction of sp³-hybridized carbons (Fsp3) is 0.381. The Hall–Kier alpha value is -1.85. The normalized spacial score (nSPS) is 28.3. The number of ether oxygens (including phenoxy) is 1. The molecule has 0 spiro atoms. The van der Waals surface area contributed by atoms with Crippen molar-refractivity contribution in [3.05, 3.63) is 71.5 Å². The Morgan fingerprint density at radius 3 is 2.73 bits per heavy atom. The topological polar surface area (TPSA) is 47.6 Å². The summed E-state index contributed by atoms with van der Waals surface area (Å²) < 4.78 is 20.8. The van der Waals surface area contributed by atoms with Gasteiger partial charge in [-0.1, -0.05) is 60.3 Å². The fourth-order valence-corrected chi connectivity index (χ4v) is 5.16. The highest BCUT2D eigenvalue weighted by Crippen LogP contribution is 2.50. The van der Waals surface area contributed by atoms with Gasteiger partial charge >= 0.3 is 0 Å². The maximum atomic E-state index is 14.6. The van der Waals surface area contributed by atoms with Crippen molar-refractivity contribution in [2.45, 2.75) is 37.5 Å². The monoisotopic (exact) mass is 370 g/mol. The number of fused-ring (bicyclic) bond motifs is 1. The van der Waals surface area contributed by atoms with Crippen LogP contribution in [-0.2, 0) is 16.9 Å². The van der Waals surface area contributed by atoms with Crippen LogP contribution in [0.4, 0.5) is 4.39 Å². The summed E-state index contributed by atoms with van der Waals surface area (Å²) in [6.07, 6.45) is 2.68. The Balaban J connectivity index is 1.54. The minimum absolute atomic E-state index is 0.176.